The third-order valence-electron chi connectivity index (χ3n) is 8.00. The van der Waals surface area contributed by atoms with E-state index in [1.165, 1.54) is 5.56 Å². The molecule has 6 heteroatoms. The number of aliphatic hydroxyl groups is 1. The van der Waals surface area contributed by atoms with Gasteiger partial charge in [-0.15, -0.1) is 0 Å². The molecule has 1 saturated heterocycles. The number of methoxy groups -OCH3 is 1. The third-order valence-corrected chi connectivity index (χ3v) is 8.00. The van der Waals surface area contributed by atoms with Crippen molar-refractivity contribution in [2.45, 2.75) is 56.3 Å². The number of fused-ring (bicyclic) bond motifs is 3. The maximum atomic E-state index is 12.4. The van der Waals surface area contributed by atoms with Crippen LogP contribution in [0.3, 0.4) is 0 Å². The van der Waals surface area contributed by atoms with Gasteiger partial charge in [0.2, 0.25) is 0 Å². The lowest BCUT2D eigenvalue weighted by Gasteiger charge is -2.60. The number of piperidine rings is 1. The van der Waals surface area contributed by atoms with Gasteiger partial charge in [0.15, 0.2) is 17.6 Å². The normalized spacial score (nSPS) is 30.5. The molecule has 6 nitrogen and oxygen atoms in total. The molecule has 3 aromatic rings. The number of benzene rings is 2. The Kier molecular flexibility index (Phi) is 4.08. The van der Waals surface area contributed by atoms with Gasteiger partial charge in [0.1, 0.15) is 0 Å². The highest BCUT2D eigenvalue weighted by Gasteiger charge is 2.71. The first-order valence-electron chi connectivity index (χ1n) is 11.6. The van der Waals surface area contributed by atoms with Crippen LogP contribution in [0.5, 0.6) is 11.5 Å². The van der Waals surface area contributed by atoms with E-state index in [0.717, 1.165) is 52.9 Å². The Balaban J connectivity index is 0.000000953. The topological polar surface area (TPSA) is 89.6 Å². The molecule has 32 heavy (non-hydrogen) atoms. The molecule has 1 aromatic heterocycles. The van der Waals surface area contributed by atoms with E-state index in [-0.39, 0.29) is 12.1 Å². The summed E-state index contributed by atoms with van der Waals surface area (Å²) in [5.74, 6) is 1.48. The molecule has 2 aromatic carbocycles. The van der Waals surface area contributed by atoms with Crippen molar-refractivity contribution >= 4 is 16.6 Å². The van der Waals surface area contributed by atoms with Gasteiger partial charge >= 0.3 is 0 Å². The quantitative estimate of drug-likeness (QED) is 0.547. The molecule has 0 saturated carbocycles. The van der Waals surface area contributed by atoms with Crippen molar-refractivity contribution in [3.63, 3.8) is 0 Å². The highest BCUT2D eigenvalue weighted by atomic mass is 16.5. The van der Waals surface area contributed by atoms with Gasteiger partial charge in [-0.3, -0.25) is 0 Å². The molecular formula is C26H29N3O3. The van der Waals surface area contributed by atoms with Crippen LogP contribution in [-0.2, 0) is 18.3 Å². The van der Waals surface area contributed by atoms with Crippen LogP contribution in [0.4, 0.5) is 5.69 Å². The van der Waals surface area contributed by atoms with Crippen LogP contribution in [0, 0.1) is 0 Å². The van der Waals surface area contributed by atoms with E-state index in [1.54, 1.807) is 7.11 Å². The molecule has 4 N–H and O–H groups in total. The smallest absolute Gasteiger partial charge is 0.166 e. The molecule has 2 aliphatic carbocycles. The summed E-state index contributed by atoms with van der Waals surface area (Å²) in [6.07, 6.45) is 1.63. The van der Waals surface area contributed by atoms with Gasteiger partial charge in [-0.05, 0) is 37.1 Å². The number of para-hydroxylation sites is 1. The van der Waals surface area contributed by atoms with E-state index in [0.29, 0.717) is 17.9 Å². The summed E-state index contributed by atoms with van der Waals surface area (Å²) in [6, 6.07) is 12.0. The van der Waals surface area contributed by atoms with Crippen LogP contribution >= 0.6 is 0 Å². The molecule has 166 valence electrons. The molecule has 2 bridgehead atoms. The third kappa shape index (κ3) is 2.10. The predicted octanol–water partition coefficient (Wildman–Crippen LogP) is 3.43. The van der Waals surface area contributed by atoms with Crippen LogP contribution in [0.25, 0.3) is 10.9 Å². The molecule has 2 aliphatic heterocycles. The molecule has 0 radical (unpaired) electrons. The zero-order chi connectivity index (χ0) is 22.3. The van der Waals surface area contributed by atoms with Crippen molar-refractivity contribution in [1.82, 2.24) is 10.3 Å². The van der Waals surface area contributed by atoms with E-state index >= 15 is 0 Å². The number of hydrogen-bond acceptors (Lipinski definition) is 6. The lowest BCUT2D eigenvalue weighted by atomic mass is 9.49. The summed E-state index contributed by atoms with van der Waals surface area (Å²) in [5, 5.41) is 16.9. The molecular weight excluding hydrogens is 402 g/mol. The predicted molar refractivity (Wildman–Crippen MR) is 124 cm³/mol. The van der Waals surface area contributed by atoms with E-state index < -0.39 is 11.0 Å². The second kappa shape index (κ2) is 6.59. The standard InChI is InChI=1S/C24H23N3O3.C2H6/c1-29-16-7-6-12-10-17-24(28)11-14-19(25)13-4-2-3-5-15(13)27-20(14)22-23(24,8-9-26-17)18(12)21(16)30-22;1-2/h2-7,17,22,26,28H,8-11H2,1H3,(H2,25,27);1-2H3/t17-,22?,23+,24?;/m1./s1. The number of nitrogen functional groups attached to an aromatic ring is 1. The van der Waals surface area contributed by atoms with E-state index in [9.17, 15) is 5.11 Å². The summed E-state index contributed by atoms with van der Waals surface area (Å²) in [6.45, 7) is 4.83. The van der Waals surface area contributed by atoms with Gasteiger partial charge in [-0.1, -0.05) is 38.1 Å². The number of nitrogens with one attached hydrogen (secondary N) is 1. The Morgan fingerprint density at radius 1 is 1.22 bits per heavy atom. The van der Waals surface area contributed by atoms with Gasteiger partial charge < -0.3 is 25.6 Å². The van der Waals surface area contributed by atoms with Crippen molar-refractivity contribution in [3.05, 3.63) is 58.8 Å². The van der Waals surface area contributed by atoms with Crippen LogP contribution in [0.15, 0.2) is 36.4 Å². The highest BCUT2D eigenvalue weighted by Crippen LogP contribution is 2.67. The number of nitrogens with zero attached hydrogens (tertiary/aromatic N) is 1. The number of anilines is 1. The van der Waals surface area contributed by atoms with Crippen LogP contribution in [-0.4, -0.2) is 35.4 Å². The SMILES string of the molecule is CC.COc1ccc2c3c1OC1c4nc5ccccc5c(N)c4CC4(O)[C@@H](C2)NCC[C@]314. The number of ether oxygens (including phenoxy) is 2. The summed E-state index contributed by atoms with van der Waals surface area (Å²) in [7, 11) is 1.67. The highest BCUT2D eigenvalue weighted by molar-refractivity contribution is 5.92. The van der Waals surface area contributed by atoms with Gasteiger partial charge in [-0.2, -0.15) is 0 Å². The van der Waals surface area contributed by atoms with Gasteiger partial charge in [-0.25, -0.2) is 4.98 Å². The Bertz CT molecular complexity index is 1260. The second-order valence-electron chi connectivity index (χ2n) is 9.07. The molecule has 1 fully saturated rings. The maximum absolute atomic E-state index is 12.4. The summed E-state index contributed by atoms with van der Waals surface area (Å²) < 4.78 is 12.3. The molecule has 7 rings (SSSR count). The lowest BCUT2D eigenvalue weighted by Crippen LogP contribution is -2.74. The molecule has 4 atom stereocenters. The van der Waals surface area contributed by atoms with E-state index in [1.807, 2.05) is 44.2 Å². The maximum Gasteiger partial charge on any atom is 0.166 e. The Hall–Kier alpha value is -2.83. The van der Waals surface area contributed by atoms with E-state index in [4.69, 9.17) is 20.2 Å². The number of rotatable bonds is 1. The van der Waals surface area contributed by atoms with Gasteiger partial charge in [0.05, 0.1) is 29.3 Å². The summed E-state index contributed by atoms with van der Waals surface area (Å²) >= 11 is 0. The minimum absolute atomic E-state index is 0.0526. The minimum Gasteiger partial charge on any atom is -0.493 e. The Morgan fingerprint density at radius 2 is 2.03 bits per heavy atom. The largest absolute Gasteiger partial charge is 0.493 e. The molecule has 2 unspecified atom stereocenters. The minimum atomic E-state index is -0.994. The number of hydrogen-bond donors (Lipinski definition) is 3. The van der Waals surface area contributed by atoms with Gasteiger partial charge in [0, 0.05) is 34.7 Å². The molecule has 3 heterocycles. The van der Waals surface area contributed by atoms with Gasteiger partial charge in [0.25, 0.3) is 0 Å². The van der Waals surface area contributed by atoms with Crippen LogP contribution in [0.1, 0.15) is 48.8 Å². The van der Waals surface area contributed by atoms with Crippen molar-refractivity contribution < 1.29 is 14.6 Å². The Labute approximate surface area is 187 Å². The zero-order valence-corrected chi connectivity index (χ0v) is 18.7. The first-order chi connectivity index (χ1) is 15.6. The van der Waals surface area contributed by atoms with Crippen LogP contribution in [0.2, 0.25) is 0 Å². The monoisotopic (exact) mass is 431 g/mol. The first kappa shape index (κ1) is 19.8. The zero-order valence-electron chi connectivity index (χ0n) is 18.7. The second-order valence-corrected chi connectivity index (χ2v) is 9.07. The summed E-state index contributed by atoms with van der Waals surface area (Å²) in [5.41, 5.74) is 10.8. The molecule has 4 aliphatic rings. The Morgan fingerprint density at radius 3 is 2.84 bits per heavy atom. The number of nitrogens with two attached hydrogens (primary N) is 1. The fraction of sp³-hybridized carbons (Fsp3) is 0.423. The van der Waals surface area contributed by atoms with Crippen molar-refractivity contribution in [1.29, 1.82) is 0 Å². The average molecular weight is 432 g/mol. The first-order valence-corrected chi connectivity index (χ1v) is 11.6. The number of aromatic nitrogens is 1. The van der Waals surface area contributed by atoms with Crippen LogP contribution < -0.4 is 20.5 Å². The lowest BCUT2D eigenvalue weighted by molar-refractivity contribution is -0.134. The molecule has 0 amide bonds. The van der Waals surface area contributed by atoms with Crippen molar-refractivity contribution in [3.8, 4) is 11.5 Å². The number of pyridine rings is 1. The average Bonchev–Trinajstić information content (AvgIpc) is 3.16. The van der Waals surface area contributed by atoms with E-state index in [2.05, 4.69) is 11.4 Å². The molecule has 1 spiro atoms. The van der Waals surface area contributed by atoms with Crippen molar-refractivity contribution in [2.24, 2.45) is 0 Å². The fourth-order valence-electron chi connectivity index (χ4n) is 6.73. The van der Waals surface area contributed by atoms with Crippen molar-refractivity contribution in [2.75, 3.05) is 19.4 Å². The summed E-state index contributed by atoms with van der Waals surface area (Å²) in [4.78, 5) is 5.04. The fourth-order valence-corrected chi connectivity index (χ4v) is 6.73.